The van der Waals surface area contributed by atoms with Gasteiger partial charge in [0.1, 0.15) is 33.8 Å². The van der Waals surface area contributed by atoms with Crippen LogP contribution in [0.4, 0.5) is 5.69 Å². The Labute approximate surface area is 263 Å². The summed E-state index contributed by atoms with van der Waals surface area (Å²) in [6.07, 6.45) is 0. The van der Waals surface area contributed by atoms with Crippen molar-refractivity contribution in [3.8, 4) is 44.9 Å². The molecule has 0 aliphatic carbocycles. The molecule has 9 rings (SSSR count). The van der Waals surface area contributed by atoms with E-state index in [1.807, 2.05) is 78.9 Å². The lowest BCUT2D eigenvalue weighted by molar-refractivity contribution is 0.667. The van der Waals surface area contributed by atoms with E-state index in [4.69, 9.17) is 25.4 Å². The third-order valence-electron chi connectivity index (χ3n) is 8.53. The van der Waals surface area contributed by atoms with Gasteiger partial charge in [-0.1, -0.05) is 109 Å². The van der Waals surface area contributed by atoms with Crippen LogP contribution in [0.3, 0.4) is 0 Å². The molecule has 0 saturated carbocycles. The Morgan fingerprint density at radius 2 is 1.17 bits per heavy atom. The summed E-state index contributed by atoms with van der Waals surface area (Å²) < 4.78 is 13.2. The zero-order chi connectivity index (χ0) is 30.6. The molecule has 214 valence electrons. The molecule has 0 aliphatic rings. The molecule has 9 aromatic rings. The predicted molar refractivity (Wildman–Crippen MR) is 185 cm³/mol. The molecule has 0 bridgehead atoms. The van der Waals surface area contributed by atoms with Crippen LogP contribution in [0, 0.1) is 6.57 Å². The van der Waals surface area contributed by atoms with E-state index in [0.717, 1.165) is 60.7 Å². The molecule has 0 aliphatic heterocycles. The molecule has 5 nitrogen and oxygen atoms in total. The fourth-order valence-corrected chi connectivity index (χ4v) is 6.41. The molecule has 3 heterocycles. The standard InChI is InChI=1S/C41H23N3O2/c1-42-33-20-10-8-17-28(33)41-43-37-29-18-9-11-21-34(29)45-40(37)38(44-41)30-19-12-22-35-36(30)32-24-27(25-13-4-2-5-14-25)23-31(39(32)46-35)26-15-6-3-7-16-26/h2-24H. The van der Waals surface area contributed by atoms with E-state index in [1.54, 1.807) is 6.07 Å². The van der Waals surface area contributed by atoms with Crippen molar-refractivity contribution in [3.05, 3.63) is 151 Å². The smallest absolute Gasteiger partial charge is 0.198 e. The number of aromatic nitrogens is 2. The van der Waals surface area contributed by atoms with Gasteiger partial charge in [0.25, 0.3) is 0 Å². The van der Waals surface area contributed by atoms with E-state index in [9.17, 15) is 0 Å². The van der Waals surface area contributed by atoms with E-state index >= 15 is 0 Å². The van der Waals surface area contributed by atoms with Crippen molar-refractivity contribution in [1.29, 1.82) is 0 Å². The monoisotopic (exact) mass is 589 g/mol. The number of nitrogens with zero attached hydrogens (tertiary/aromatic N) is 3. The van der Waals surface area contributed by atoms with Gasteiger partial charge < -0.3 is 8.83 Å². The normalized spacial score (nSPS) is 11.5. The Kier molecular flexibility index (Phi) is 5.81. The Morgan fingerprint density at radius 1 is 0.500 bits per heavy atom. The fourth-order valence-electron chi connectivity index (χ4n) is 6.41. The molecule has 0 spiro atoms. The van der Waals surface area contributed by atoms with Crippen LogP contribution in [0.25, 0.3) is 93.8 Å². The number of hydrogen-bond acceptors (Lipinski definition) is 4. The average Bonchev–Trinajstić information content (AvgIpc) is 3.70. The average molecular weight is 590 g/mol. The topological polar surface area (TPSA) is 56.4 Å². The Hall–Kier alpha value is -6.51. The van der Waals surface area contributed by atoms with Gasteiger partial charge in [-0.3, -0.25) is 0 Å². The van der Waals surface area contributed by atoms with Gasteiger partial charge in [-0.2, -0.15) is 0 Å². The largest absolute Gasteiger partial charge is 0.455 e. The van der Waals surface area contributed by atoms with Crippen molar-refractivity contribution >= 4 is 49.7 Å². The van der Waals surface area contributed by atoms with E-state index in [2.05, 4.69) is 59.4 Å². The van der Waals surface area contributed by atoms with Crippen LogP contribution < -0.4 is 0 Å². The van der Waals surface area contributed by atoms with Crippen LogP contribution in [-0.4, -0.2) is 9.97 Å². The third-order valence-corrected chi connectivity index (χ3v) is 8.53. The summed E-state index contributed by atoms with van der Waals surface area (Å²) in [6.45, 7) is 7.81. The minimum Gasteiger partial charge on any atom is -0.455 e. The summed E-state index contributed by atoms with van der Waals surface area (Å²) in [5.74, 6) is 0.473. The molecule has 0 amide bonds. The summed E-state index contributed by atoms with van der Waals surface area (Å²) in [5.41, 5.74) is 10.6. The van der Waals surface area contributed by atoms with Crippen LogP contribution in [0.5, 0.6) is 0 Å². The van der Waals surface area contributed by atoms with Gasteiger partial charge in [-0.25, -0.2) is 14.8 Å². The lowest BCUT2D eigenvalue weighted by atomic mass is 9.94. The van der Waals surface area contributed by atoms with Crippen LogP contribution in [0.1, 0.15) is 0 Å². The zero-order valence-corrected chi connectivity index (χ0v) is 24.4. The second-order valence-electron chi connectivity index (χ2n) is 11.2. The second kappa shape index (κ2) is 10.3. The van der Waals surface area contributed by atoms with Gasteiger partial charge in [0.05, 0.1) is 6.57 Å². The minimum atomic E-state index is 0.473. The lowest BCUT2D eigenvalue weighted by Crippen LogP contribution is -1.94. The van der Waals surface area contributed by atoms with Crippen LogP contribution in [0.15, 0.2) is 148 Å². The van der Waals surface area contributed by atoms with Crippen molar-refractivity contribution in [2.24, 2.45) is 0 Å². The maximum Gasteiger partial charge on any atom is 0.198 e. The maximum atomic E-state index is 7.81. The number of rotatable bonds is 4. The SMILES string of the molecule is [C-]#[N+]c1ccccc1-c1nc(-c2cccc3oc4c(-c5ccccc5)cc(-c5ccccc5)cc4c23)c2oc3ccccc3c2n1. The quantitative estimate of drug-likeness (QED) is 0.192. The molecule has 6 aromatic carbocycles. The molecule has 3 aromatic heterocycles. The molecular weight excluding hydrogens is 566 g/mol. The highest BCUT2D eigenvalue weighted by atomic mass is 16.3. The molecule has 46 heavy (non-hydrogen) atoms. The summed E-state index contributed by atoms with van der Waals surface area (Å²) >= 11 is 0. The molecule has 0 fully saturated rings. The highest BCUT2D eigenvalue weighted by molar-refractivity contribution is 6.18. The highest BCUT2D eigenvalue weighted by Crippen LogP contribution is 2.45. The lowest BCUT2D eigenvalue weighted by Gasteiger charge is -2.10. The number of fused-ring (bicyclic) bond motifs is 6. The highest BCUT2D eigenvalue weighted by Gasteiger charge is 2.23. The number of para-hydroxylation sites is 2. The summed E-state index contributed by atoms with van der Waals surface area (Å²) in [6, 6.07) is 46.6. The van der Waals surface area contributed by atoms with Gasteiger partial charge >= 0.3 is 0 Å². The van der Waals surface area contributed by atoms with Gasteiger partial charge in [0.2, 0.25) is 0 Å². The van der Waals surface area contributed by atoms with E-state index in [1.165, 1.54) is 0 Å². The molecule has 0 saturated heterocycles. The van der Waals surface area contributed by atoms with Crippen LogP contribution in [-0.2, 0) is 0 Å². The summed E-state index contributed by atoms with van der Waals surface area (Å²) in [5, 5.41) is 2.82. The molecule has 0 atom stereocenters. The van der Waals surface area contributed by atoms with E-state index < -0.39 is 0 Å². The Bertz CT molecular complexity index is 2650. The van der Waals surface area contributed by atoms with Crippen molar-refractivity contribution in [3.63, 3.8) is 0 Å². The first kappa shape index (κ1) is 25.9. The first-order valence-electron chi connectivity index (χ1n) is 15.0. The van der Waals surface area contributed by atoms with Gasteiger partial charge in [0.15, 0.2) is 11.3 Å². The minimum absolute atomic E-state index is 0.473. The molecular formula is C41H23N3O2. The Balaban J connectivity index is 1.41. The number of furan rings is 2. The molecule has 5 heteroatoms. The van der Waals surface area contributed by atoms with Gasteiger partial charge in [-0.05, 0) is 47.0 Å². The third kappa shape index (κ3) is 4.02. The van der Waals surface area contributed by atoms with Gasteiger partial charge in [-0.15, -0.1) is 0 Å². The summed E-state index contributed by atoms with van der Waals surface area (Å²) in [4.78, 5) is 13.9. The zero-order valence-electron chi connectivity index (χ0n) is 24.4. The van der Waals surface area contributed by atoms with Crippen LogP contribution >= 0.6 is 0 Å². The maximum absolute atomic E-state index is 7.81. The Morgan fingerprint density at radius 3 is 2.00 bits per heavy atom. The summed E-state index contributed by atoms with van der Waals surface area (Å²) in [7, 11) is 0. The first-order valence-corrected chi connectivity index (χ1v) is 15.0. The van der Waals surface area contributed by atoms with Crippen LogP contribution in [0.2, 0.25) is 0 Å². The van der Waals surface area contributed by atoms with E-state index in [0.29, 0.717) is 33.9 Å². The van der Waals surface area contributed by atoms with E-state index in [-0.39, 0.29) is 0 Å². The van der Waals surface area contributed by atoms with Crippen molar-refractivity contribution < 1.29 is 8.83 Å². The second-order valence-corrected chi connectivity index (χ2v) is 11.2. The van der Waals surface area contributed by atoms with Crippen molar-refractivity contribution in [2.45, 2.75) is 0 Å². The first-order chi connectivity index (χ1) is 22.8. The number of benzene rings is 6. The fraction of sp³-hybridized carbons (Fsp3) is 0. The molecule has 0 radical (unpaired) electrons. The van der Waals surface area contributed by atoms with Crippen molar-refractivity contribution in [2.75, 3.05) is 0 Å². The molecule has 0 N–H and O–H groups in total. The predicted octanol–water partition coefficient (Wildman–Crippen LogP) is 11.5. The van der Waals surface area contributed by atoms with Crippen molar-refractivity contribution in [1.82, 2.24) is 9.97 Å². The molecule has 0 unspecified atom stereocenters. The number of hydrogen-bond donors (Lipinski definition) is 0. The van der Waals surface area contributed by atoms with Gasteiger partial charge in [0, 0.05) is 32.8 Å².